The molecule has 3 nitrogen and oxygen atoms in total. The third-order valence-electron chi connectivity index (χ3n) is 2.66. The quantitative estimate of drug-likeness (QED) is 0.850. The van der Waals surface area contributed by atoms with Crippen molar-refractivity contribution in [3.8, 4) is 0 Å². The number of hydrogen-bond donors (Lipinski definition) is 1. The Kier molecular flexibility index (Phi) is 5.15. The van der Waals surface area contributed by atoms with Gasteiger partial charge in [-0.2, -0.15) is 0 Å². The minimum atomic E-state index is -0.294. The van der Waals surface area contributed by atoms with E-state index in [1.807, 2.05) is 25.2 Å². The van der Waals surface area contributed by atoms with Gasteiger partial charge >= 0.3 is 0 Å². The number of anilines is 1. The number of nitrogens with zero attached hydrogens (tertiary/aromatic N) is 1. The maximum Gasteiger partial charge on any atom is 0.160 e. The van der Waals surface area contributed by atoms with Gasteiger partial charge in [-0.3, -0.25) is 4.79 Å². The molecule has 1 aromatic rings. The summed E-state index contributed by atoms with van der Waals surface area (Å²) in [7, 11) is 1.97. The zero-order valence-electron chi connectivity index (χ0n) is 10.4. The van der Waals surface area contributed by atoms with Gasteiger partial charge in [-0.1, -0.05) is 0 Å². The smallest absolute Gasteiger partial charge is 0.160 e. The molecule has 1 aromatic carbocycles. The van der Waals surface area contributed by atoms with Crippen molar-refractivity contribution in [3.05, 3.63) is 28.2 Å². The highest BCUT2D eigenvalue weighted by molar-refractivity contribution is 9.10. The summed E-state index contributed by atoms with van der Waals surface area (Å²) in [4.78, 5) is 13.3. The highest BCUT2D eigenvalue weighted by Gasteiger charge is 2.08. The lowest BCUT2D eigenvalue weighted by molar-refractivity contribution is 0.101. The van der Waals surface area contributed by atoms with Crippen molar-refractivity contribution in [2.45, 2.75) is 26.4 Å². The van der Waals surface area contributed by atoms with Crippen molar-refractivity contribution < 1.29 is 9.90 Å². The summed E-state index contributed by atoms with van der Waals surface area (Å²) in [6.07, 6.45) is 0.431. The van der Waals surface area contributed by atoms with Crippen LogP contribution in [0.4, 0.5) is 5.69 Å². The van der Waals surface area contributed by atoms with Crippen LogP contribution in [-0.4, -0.2) is 30.6 Å². The van der Waals surface area contributed by atoms with Crippen LogP contribution in [0.25, 0.3) is 0 Å². The molecule has 1 rings (SSSR count). The second-order valence-electron chi connectivity index (χ2n) is 4.28. The number of hydrogen-bond acceptors (Lipinski definition) is 3. The summed E-state index contributed by atoms with van der Waals surface area (Å²) in [5, 5.41) is 9.24. The predicted molar refractivity (Wildman–Crippen MR) is 73.7 cm³/mol. The molecule has 0 saturated carbocycles. The molecule has 0 amide bonds. The van der Waals surface area contributed by atoms with E-state index in [1.165, 1.54) is 0 Å². The lowest BCUT2D eigenvalue weighted by atomic mass is 10.1. The normalized spacial score (nSPS) is 12.3. The number of aliphatic hydroxyl groups is 1. The number of carbonyl (C=O) groups excluding carboxylic acids is 1. The van der Waals surface area contributed by atoms with E-state index in [-0.39, 0.29) is 11.9 Å². The summed E-state index contributed by atoms with van der Waals surface area (Å²) in [5.41, 5.74) is 1.72. The molecular weight excluding hydrogens is 282 g/mol. The lowest BCUT2D eigenvalue weighted by Gasteiger charge is -2.20. The van der Waals surface area contributed by atoms with Crippen LogP contribution in [0, 0.1) is 0 Å². The van der Waals surface area contributed by atoms with Crippen LogP contribution in [0.2, 0.25) is 0 Å². The van der Waals surface area contributed by atoms with Gasteiger partial charge in [-0.05, 0) is 54.4 Å². The van der Waals surface area contributed by atoms with E-state index in [2.05, 4.69) is 20.8 Å². The third-order valence-corrected chi connectivity index (χ3v) is 3.31. The molecule has 0 aliphatic heterocycles. The molecule has 0 spiro atoms. The zero-order chi connectivity index (χ0) is 13.0. The van der Waals surface area contributed by atoms with Crippen LogP contribution in [0.15, 0.2) is 22.7 Å². The molecule has 4 heteroatoms. The van der Waals surface area contributed by atoms with Crippen molar-refractivity contribution >= 4 is 27.4 Å². The van der Waals surface area contributed by atoms with E-state index in [4.69, 9.17) is 0 Å². The summed E-state index contributed by atoms with van der Waals surface area (Å²) in [5.74, 6) is 0.0510. The zero-order valence-corrected chi connectivity index (χ0v) is 12.0. The van der Waals surface area contributed by atoms with Crippen LogP contribution in [0.1, 0.15) is 30.6 Å². The maximum absolute atomic E-state index is 11.3. The molecule has 0 aromatic heterocycles. The first-order valence-electron chi connectivity index (χ1n) is 5.61. The summed E-state index contributed by atoms with van der Waals surface area (Å²) in [6, 6.07) is 5.67. The number of Topliss-reactive ketones (excluding diaryl/α,β-unsaturated/α-hetero) is 1. The summed E-state index contributed by atoms with van der Waals surface area (Å²) < 4.78 is 0.811. The first-order chi connectivity index (χ1) is 7.91. The molecular formula is C13H18BrNO2. The van der Waals surface area contributed by atoms with E-state index in [1.54, 1.807) is 13.8 Å². The van der Waals surface area contributed by atoms with E-state index in [0.717, 1.165) is 23.1 Å². The summed E-state index contributed by atoms with van der Waals surface area (Å²) >= 11 is 3.40. The van der Waals surface area contributed by atoms with E-state index in [0.29, 0.717) is 5.56 Å². The molecule has 1 atom stereocenters. The molecule has 0 bridgehead atoms. The van der Waals surface area contributed by atoms with E-state index >= 15 is 0 Å². The fourth-order valence-corrected chi connectivity index (χ4v) is 2.18. The molecule has 1 unspecified atom stereocenters. The second-order valence-corrected chi connectivity index (χ2v) is 5.13. The lowest BCUT2D eigenvalue weighted by Crippen LogP contribution is -2.21. The number of aliphatic hydroxyl groups excluding tert-OH is 1. The number of ketones is 1. The molecule has 0 fully saturated rings. The molecule has 0 radical (unpaired) electrons. The molecule has 17 heavy (non-hydrogen) atoms. The van der Waals surface area contributed by atoms with Gasteiger partial charge in [-0.15, -0.1) is 0 Å². The van der Waals surface area contributed by atoms with Crippen molar-refractivity contribution in [2.75, 3.05) is 18.5 Å². The van der Waals surface area contributed by atoms with Gasteiger partial charge in [-0.25, -0.2) is 0 Å². The topological polar surface area (TPSA) is 40.5 Å². The Morgan fingerprint density at radius 1 is 1.53 bits per heavy atom. The van der Waals surface area contributed by atoms with Gasteiger partial charge < -0.3 is 10.0 Å². The highest BCUT2D eigenvalue weighted by Crippen LogP contribution is 2.24. The van der Waals surface area contributed by atoms with E-state index in [9.17, 15) is 9.90 Å². The number of carbonyl (C=O) groups is 1. The minimum absolute atomic E-state index is 0.0510. The molecule has 0 aliphatic rings. The number of benzene rings is 1. The third kappa shape index (κ3) is 4.13. The standard InChI is InChI=1S/C13H18BrNO2/c1-9(16)6-7-15(3)11-4-5-12(10(2)17)13(14)8-11/h4-5,8-9,16H,6-7H2,1-3H3. The van der Waals surface area contributed by atoms with Crippen LogP contribution >= 0.6 is 15.9 Å². The fraction of sp³-hybridized carbons (Fsp3) is 0.462. The molecule has 1 N–H and O–H groups in total. The van der Waals surface area contributed by atoms with Crippen LogP contribution in [0.3, 0.4) is 0 Å². The van der Waals surface area contributed by atoms with Crippen molar-refractivity contribution in [3.63, 3.8) is 0 Å². The monoisotopic (exact) mass is 299 g/mol. The van der Waals surface area contributed by atoms with Crippen molar-refractivity contribution in [1.29, 1.82) is 0 Å². The Balaban J connectivity index is 2.79. The molecule has 0 aliphatic carbocycles. The number of rotatable bonds is 5. The van der Waals surface area contributed by atoms with Crippen molar-refractivity contribution in [2.24, 2.45) is 0 Å². The largest absolute Gasteiger partial charge is 0.393 e. The number of halogens is 1. The Hall–Kier alpha value is -0.870. The van der Waals surface area contributed by atoms with E-state index < -0.39 is 0 Å². The average Bonchev–Trinajstić information content (AvgIpc) is 2.25. The SMILES string of the molecule is CC(=O)c1ccc(N(C)CCC(C)O)cc1Br. The van der Waals surface area contributed by atoms with Crippen LogP contribution in [0.5, 0.6) is 0 Å². The summed E-state index contributed by atoms with van der Waals surface area (Å²) in [6.45, 7) is 4.11. The first kappa shape index (κ1) is 14.2. The average molecular weight is 300 g/mol. The Labute approximate surface area is 111 Å². The highest BCUT2D eigenvalue weighted by atomic mass is 79.9. The molecule has 0 saturated heterocycles. The Morgan fingerprint density at radius 3 is 2.65 bits per heavy atom. The Morgan fingerprint density at radius 2 is 2.18 bits per heavy atom. The first-order valence-corrected chi connectivity index (χ1v) is 6.40. The maximum atomic E-state index is 11.3. The molecule has 94 valence electrons. The predicted octanol–water partition coefficient (Wildman–Crippen LogP) is 2.86. The van der Waals surface area contributed by atoms with Gasteiger partial charge in [0.25, 0.3) is 0 Å². The molecule has 0 heterocycles. The van der Waals surface area contributed by atoms with Gasteiger partial charge in [0, 0.05) is 29.3 Å². The minimum Gasteiger partial charge on any atom is -0.393 e. The van der Waals surface area contributed by atoms with Crippen LogP contribution < -0.4 is 4.90 Å². The second kappa shape index (κ2) is 6.17. The van der Waals surface area contributed by atoms with Gasteiger partial charge in [0.2, 0.25) is 0 Å². The van der Waals surface area contributed by atoms with Crippen LogP contribution in [-0.2, 0) is 0 Å². The van der Waals surface area contributed by atoms with Gasteiger partial charge in [0.05, 0.1) is 6.10 Å². The fourth-order valence-electron chi connectivity index (χ4n) is 1.54. The van der Waals surface area contributed by atoms with Gasteiger partial charge in [0.15, 0.2) is 5.78 Å². The van der Waals surface area contributed by atoms with Crippen molar-refractivity contribution in [1.82, 2.24) is 0 Å². The Bertz CT molecular complexity index is 404. The van der Waals surface area contributed by atoms with Gasteiger partial charge in [0.1, 0.15) is 0 Å².